The number of amides is 1. The molecule has 1 amide bonds. The maximum atomic E-state index is 13.5. The zero-order valence-electron chi connectivity index (χ0n) is 20.8. The van der Waals surface area contributed by atoms with Gasteiger partial charge in [-0.3, -0.25) is 9.69 Å². The second-order valence-electron chi connectivity index (χ2n) is 8.63. The highest BCUT2D eigenvalue weighted by molar-refractivity contribution is 5.78. The lowest BCUT2D eigenvalue weighted by Crippen LogP contribution is -2.41. The molecule has 1 heterocycles. The molecule has 0 fully saturated rings. The van der Waals surface area contributed by atoms with Crippen molar-refractivity contribution in [3.8, 4) is 6.07 Å². The standard InChI is InChI=1S/C29H35N3O3/c1-3-34-19-7-17-31(21-27-13-11-26(20-30)12-14-27)23-29(33)32(22-28-15-10-24(2)35-28)18-16-25-8-5-4-6-9-25/h4-6,8-15H,3,7,16-19,21-23H2,1-2H3. The Morgan fingerprint density at radius 1 is 0.971 bits per heavy atom. The highest BCUT2D eigenvalue weighted by Gasteiger charge is 2.19. The Morgan fingerprint density at radius 3 is 2.40 bits per heavy atom. The predicted octanol–water partition coefficient (Wildman–Crippen LogP) is 4.96. The van der Waals surface area contributed by atoms with Gasteiger partial charge < -0.3 is 14.1 Å². The molecule has 0 saturated carbocycles. The summed E-state index contributed by atoms with van der Waals surface area (Å²) >= 11 is 0. The second-order valence-corrected chi connectivity index (χ2v) is 8.63. The summed E-state index contributed by atoms with van der Waals surface area (Å²) in [6, 6.07) is 23.8. The number of carbonyl (C=O) groups excluding carboxylic acids is 1. The Balaban J connectivity index is 1.70. The van der Waals surface area contributed by atoms with Crippen LogP contribution in [0.2, 0.25) is 0 Å². The first kappa shape index (κ1) is 26.2. The molecule has 0 radical (unpaired) electrons. The summed E-state index contributed by atoms with van der Waals surface area (Å²) < 4.78 is 11.3. The average Bonchev–Trinajstić information content (AvgIpc) is 3.29. The number of nitrogens with zero attached hydrogens (tertiary/aromatic N) is 3. The van der Waals surface area contributed by atoms with Gasteiger partial charge in [0.05, 0.1) is 24.7 Å². The van der Waals surface area contributed by atoms with E-state index in [1.807, 2.05) is 73.3 Å². The highest BCUT2D eigenvalue weighted by atomic mass is 16.5. The largest absolute Gasteiger partial charge is 0.464 e. The fourth-order valence-corrected chi connectivity index (χ4v) is 3.94. The molecule has 0 atom stereocenters. The Bertz CT molecular complexity index is 1070. The topological polar surface area (TPSA) is 69.7 Å². The molecular weight excluding hydrogens is 438 g/mol. The van der Waals surface area contributed by atoms with Gasteiger partial charge in [-0.2, -0.15) is 5.26 Å². The summed E-state index contributed by atoms with van der Waals surface area (Å²) in [4.78, 5) is 17.6. The van der Waals surface area contributed by atoms with E-state index in [1.165, 1.54) is 5.56 Å². The number of hydrogen-bond acceptors (Lipinski definition) is 5. The molecule has 6 heteroatoms. The van der Waals surface area contributed by atoms with Gasteiger partial charge in [-0.1, -0.05) is 42.5 Å². The molecule has 0 aliphatic heterocycles. The number of benzene rings is 2. The molecule has 3 rings (SSSR count). The van der Waals surface area contributed by atoms with Crippen LogP contribution in [0.25, 0.3) is 0 Å². The van der Waals surface area contributed by atoms with Crippen LogP contribution < -0.4 is 0 Å². The zero-order valence-corrected chi connectivity index (χ0v) is 20.8. The average molecular weight is 474 g/mol. The van der Waals surface area contributed by atoms with Gasteiger partial charge in [0.2, 0.25) is 5.91 Å². The van der Waals surface area contributed by atoms with E-state index < -0.39 is 0 Å². The van der Waals surface area contributed by atoms with Crippen LogP contribution in [0, 0.1) is 18.3 Å². The van der Waals surface area contributed by atoms with E-state index in [4.69, 9.17) is 14.4 Å². The molecule has 0 N–H and O–H groups in total. The lowest BCUT2D eigenvalue weighted by Gasteiger charge is -2.27. The first-order valence-corrected chi connectivity index (χ1v) is 12.2. The molecule has 3 aromatic rings. The van der Waals surface area contributed by atoms with Gasteiger partial charge in [0, 0.05) is 32.8 Å². The Labute approximate surface area is 208 Å². The van der Waals surface area contributed by atoms with Crippen LogP contribution in [-0.4, -0.2) is 48.6 Å². The third-order valence-electron chi connectivity index (χ3n) is 5.82. The summed E-state index contributed by atoms with van der Waals surface area (Å²) in [5.41, 5.74) is 2.91. The SMILES string of the molecule is CCOCCCN(CC(=O)N(CCc1ccccc1)Cc1ccc(C)o1)Cc1ccc(C#N)cc1. The summed E-state index contributed by atoms with van der Waals surface area (Å²) in [5.74, 6) is 1.70. The number of ether oxygens (including phenoxy) is 1. The van der Waals surface area contributed by atoms with Crippen LogP contribution in [0.15, 0.2) is 71.1 Å². The Morgan fingerprint density at radius 2 is 1.74 bits per heavy atom. The number of rotatable bonds is 14. The van der Waals surface area contributed by atoms with Crippen molar-refractivity contribution >= 4 is 5.91 Å². The molecular formula is C29H35N3O3. The quantitative estimate of drug-likeness (QED) is 0.310. The predicted molar refractivity (Wildman–Crippen MR) is 137 cm³/mol. The molecule has 0 bridgehead atoms. The first-order chi connectivity index (χ1) is 17.1. The fraction of sp³-hybridized carbons (Fsp3) is 0.379. The lowest BCUT2D eigenvalue weighted by molar-refractivity contribution is -0.133. The summed E-state index contributed by atoms with van der Waals surface area (Å²) in [7, 11) is 0. The van der Waals surface area contributed by atoms with E-state index in [1.54, 1.807) is 0 Å². The molecule has 0 saturated heterocycles. The summed E-state index contributed by atoms with van der Waals surface area (Å²) in [6.07, 6.45) is 1.63. The van der Waals surface area contributed by atoms with Crippen molar-refractivity contribution in [2.24, 2.45) is 0 Å². The molecule has 184 valence electrons. The number of carbonyl (C=O) groups is 1. The van der Waals surface area contributed by atoms with Crippen molar-refractivity contribution in [1.82, 2.24) is 9.80 Å². The Kier molecular flexibility index (Phi) is 10.6. The molecule has 35 heavy (non-hydrogen) atoms. The molecule has 0 aliphatic rings. The van der Waals surface area contributed by atoms with E-state index in [2.05, 4.69) is 23.1 Å². The summed E-state index contributed by atoms with van der Waals surface area (Å²) in [5, 5.41) is 9.08. The number of furan rings is 1. The minimum absolute atomic E-state index is 0.0695. The van der Waals surface area contributed by atoms with E-state index >= 15 is 0 Å². The van der Waals surface area contributed by atoms with Gasteiger partial charge in [-0.15, -0.1) is 0 Å². The molecule has 6 nitrogen and oxygen atoms in total. The fourth-order valence-electron chi connectivity index (χ4n) is 3.94. The molecule has 0 unspecified atom stereocenters. The summed E-state index contributed by atoms with van der Waals surface area (Å²) in [6.45, 7) is 8.00. The van der Waals surface area contributed by atoms with E-state index in [0.717, 1.165) is 36.5 Å². The minimum atomic E-state index is 0.0695. The van der Waals surface area contributed by atoms with Crippen molar-refractivity contribution in [2.45, 2.75) is 39.8 Å². The molecule has 2 aromatic carbocycles. The minimum Gasteiger partial charge on any atom is -0.464 e. The smallest absolute Gasteiger partial charge is 0.237 e. The van der Waals surface area contributed by atoms with Gasteiger partial charge in [0.1, 0.15) is 11.5 Å². The third kappa shape index (κ3) is 9.05. The number of hydrogen-bond donors (Lipinski definition) is 0. The van der Waals surface area contributed by atoms with Gasteiger partial charge in [0.25, 0.3) is 0 Å². The zero-order chi connectivity index (χ0) is 24.9. The number of nitriles is 1. The maximum Gasteiger partial charge on any atom is 0.237 e. The first-order valence-electron chi connectivity index (χ1n) is 12.2. The second kappa shape index (κ2) is 14.1. The van der Waals surface area contributed by atoms with Gasteiger partial charge in [-0.25, -0.2) is 0 Å². The van der Waals surface area contributed by atoms with E-state index in [9.17, 15) is 4.79 Å². The molecule has 0 aliphatic carbocycles. The Hall–Kier alpha value is -3.40. The van der Waals surface area contributed by atoms with Crippen molar-refractivity contribution < 1.29 is 13.9 Å². The van der Waals surface area contributed by atoms with E-state index in [0.29, 0.717) is 45.0 Å². The van der Waals surface area contributed by atoms with Gasteiger partial charge >= 0.3 is 0 Å². The maximum absolute atomic E-state index is 13.5. The van der Waals surface area contributed by atoms with Crippen molar-refractivity contribution in [3.05, 3.63) is 94.9 Å². The van der Waals surface area contributed by atoms with Crippen LogP contribution >= 0.6 is 0 Å². The normalized spacial score (nSPS) is 10.9. The van der Waals surface area contributed by atoms with Crippen LogP contribution in [0.1, 0.15) is 41.6 Å². The van der Waals surface area contributed by atoms with E-state index in [-0.39, 0.29) is 5.91 Å². The molecule has 0 spiro atoms. The van der Waals surface area contributed by atoms with Crippen LogP contribution in [0.5, 0.6) is 0 Å². The highest BCUT2D eigenvalue weighted by Crippen LogP contribution is 2.13. The lowest BCUT2D eigenvalue weighted by atomic mass is 10.1. The van der Waals surface area contributed by atoms with Crippen LogP contribution in [0.4, 0.5) is 0 Å². The monoisotopic (exact) mass is 473 g/mol. The molecule has 1 aromatic heterocycles. The van der Waals surface area contributed by atoms with Crippen molar-refractivity contribution in [2.75, 3.05) is 32.8 Å². The van der Waals surface area contributed by atoms with Crippen LogP contribution in [-0.2, 0) is 29.0 Å². The van der Waals surface area contributed by atoms with Gasteiger partial charge in [-0.05, 0) is 62.1 Å². The number of aryl methyl sites for hydroxylation is 1. The van der Waals surface area contributed by atoms with Crippen molar-refractivity contribution in [3.63, 3.8) is 0 Å². The van der Waals surface area contributed by atoms with Crippen molar-refractivity contribution in [1.29, 1.82) is 5.26 Å². The third-order valence-corrected chi connectivity index (χ3v) is 5.82. The van der Waals surface area contributed by atoms with Crippen LogP contribution in [0.3, 0.4) is 0 Å². The van der Waals surface area contributed by atoms with Gasteiger partial charge in [0.15, 0.2) is 0 Å².